The van der Waals surface area contributed by atoms with Gasteiger partial charge < -0.3 is 4.57 Å². The quantitative estimate of drug-likeness (QED) is 0.742. The lowest BCUT2D eigenvalue weighted by Crippen LogP contribution is -2.11. The van der Waals surface area contributed by atoms with Crippen LogP contribution in [0.1, 0.15) is 41.5 Å². The molecule has 100 valence electrons. The van der Waals surface area contributed by atoms with Crippen LogP contribution in [0.4, 0.5) is 0 Å². The second-order valence-electron chi connectivity index (χ2n) is 4.86. The van der Waals surface area contributed by atoms with Gasteiger partial charge in [0.25, 0.3) is 0 Å². The molecule has 0 amide bonds. The summed E-state index contributed by atoms with van der Waals surface area (Å²) in [6.07, 6.45) is 5.89. The van der Waals surface area contributed by atoms with Crippen molar-refractivity contribution in [2.45, 2.75) is 39.7 Å². The van der Waals surface area contributed by atoms with Crippen molar-refractivity contribution in [3.63, 3.8) is 0 Å². The minimum Gasteiger partial charge on any atom is -0.329 e. The highest BCUT2D eigenvalue weighted by molar-refractivity contribution is 5.92. The lowest BCUT2D eigenvalue weighted by atomic mass is 10.1. The van der Waals surface area contributed by atoms with Gasteiger partial charge in [-0.1, -0.05) is 36.8 Å². The van der Waals surface area contributed by atoms with Crippen molar-refractivity contribution in [1.29, 1.82) is 0 Å². The Bertz CT molecular complexity index is 557. The number of hydrogen-bond donors (Lipinski definition) is 0. The molecule has 0 atom stereocenters. The molecule has 0 aliphatic carbocycles. The predicted molar refractivity (Wildman–Crippen MR) is 76.3 cm³/mol. The van der Waals surface area contributed by atoms with E-state index >= 15 is 0 Å². The van der Waals surface area contributed by atoms with Crippen molar-refractivity contribution in [3.8, 4) is 0 Å². The topological polar surface area (TPSA) is 34.9 Å². The van der Waals surface area contributed by atoms with E-state index in [2.05, 4.69) is 37.0 Å². The molecule has 1 heterocycles. The van der Waals surface area contributed by atoms with Gasteiger partial charge in [-0.3, -0.25) is 4.79 Å². The Labute approximate surface area is 114 Å². The average molecular weight is 256 g/mol. The molecule has 3 nitrogen and oxygen atoms in total. The molecule has 0 unspecified atom stereocenters. The molecule has 0 radical (unpaired) electrons. The van der Waals surface area contributed by atoms with E-state index in [-0.39, 0.29) is 5.78 Å². The summed E-state index contributed by atoms with van der Waals surface area (Å²) in [7, 11) is 0. The van der Waals surface area contributed by atoms with Crippen LogP contribution in [0.5, 0.6) is 0 Å². The van der Waals surface area contributed by atoms with Crippen LogP contribution >= 0.6 is 0 Å². The van der Waals surface area contributed by atoms with E-state index in [0.29, 0.717) is 12.2 Å². The maximum atomic E-state index is 12.2. The molecule has 0 spiro atoms. The highest BCUT2D eigenvalue weighted by Crippen LogP contribution is 2.10. The second kappa shape index (κ2) is 6.32. The lowest BCUT2D eigenvalue weighted by Gasteiger charge is -2.05. The van der Waals surface area contributed by atoms with Gasteiger partial charge in [0.1, 0.15) is 0 Å². The SMILES string of the molecule is CCCn1ccnc1C(=O)CCc1cccc(C)c1. The van der Waals surface area contributed by atoms with Crippen LogP contribution in [0, 0.1) is 6.92 Å². The van der Waals surface area contributed by atoms with E-state index in [9.17, 15) is 4.79 Å². The van der Waals surface area contributed by atoms with Crippen molar-refractivity contribution in [1.82, 2.24) is 9.55 Å². The van der Waals surface area contributed by atoms with Crippen molar-refractivity contribution in [3.05, 3.63) is 53.6 Å². The summed E-state index contributed by atoms with van der Waals surface area (Å²) < 4.78 is 1.94. The summed E-state index contributed by atoms with van der Waals surface area (Å²) in [6.45, 7) is 5.02. The molecule has 2 aromatic rings. The molecule has 0 saturated carbocycles. The molecule has 0 aliphatic heterocycles. The average Bonchev–Trinajstić information content (AvgIpc) is 2.85. The van der Waals surface area contributed by atoms with Gasteiger partial charge >= 0.3 is 0 Å². The second-order valence-corrected chi connectivity index (χ2v) is 4.86. The first-order valence-electron chi connectivity index (χ1n) is 6.80. The standard InChI is InChI=1S/C16H20N2O/c1-3-10-18-11-9-17-16(18)15(19)8-7-14-6-4-5-13(2)12-14/h4-6,9,11-12H,3,7-8,10H2,1-2H3. The Morgan fingerprint density at radius 1 is 1.37 bits per heavy atom. The van der Waals surface area contributed by atoms with Gasteiger partial charge in [-0.2, -0.15) is 0 Å². The van der Waals surface area contributed by atoms with Gasteiger partial charge in [-0.05, 0) is 25.3 Å². The molecule has 19 heavy (non-hydrogen) atoms. The predicted octanol–water partition coefficient (Wildman–Crippen LogP) is 3.42. The highest BCUT2D eigenvalue weighted by Gasteiger charge is 2.12. The maximum absolute atomic E-state index is 12.2. The Morgan fingerprint density at radius 3 is 2.95 bits per heavy atom. The molecular formula is C16H20N2O. The van der Waals surface area contributed by atoms with Gasteiger partial charge in [0.05, 0.1) is 0 Å². The third kappa shape index (κ3) is 3.53. The zero-order valence-corrected chi connectivity index (χ0v) is 11.6. The van der Waals surface area contributed by atoms with Crippen LogP contribution in [0.25, 0.3) is 0 Å². The molecule has 0 saturated heterocycles. The van der Waals surface area contributed by atoms with E-state index in [0.717, 1.165) is 19.4 Å². The van der Waals surface area contributed by atoms with Crippen LogP contribution in [-0.4, -0.2) is 15.3 Å². The molecule has 2 rings (SSSR count). The van der Waals surface area contributed by atoms with E-state index in [1.807, 2.05) is 16.8 Å². The molecule has 0 fully saturated rings. The summed E-state index contributed by atoms with van der Waals surface area (Å²) in [6, 6.07) is 8.30. The third-order valence-corrected chi connectivity index (χ3v) is 3.15. The number of ketones is 1. The van der Waals surface area contributed by atoms with Gasteiger partial charge in [0, 0.05) is 25.4 Å². The number of benzene rings is 1. The van der Waals surface area contributed by atoms with Crippen molar-refractivity contribution >= 4 is 5.78 Å². The fourth-order valence-corrected chi connectivity index (χ4v) is 2.22. The van der Waals surface area contributed by atoms with Crippen LogP contribution in [-0.2, 0) is 13.0 Å². The van der Waals surface area contributed by atoms with E-state index < -0.39 is 0 Å². The first kappa shape index (κ1) is 13.5. The summed E-state index contributed by atoms with van der Waals surface area (Å²) in [4.78, 5) is 16.4. The molecule has 0 N–H and O–H groups in total. The number of nitrogens with zero attached hydrogens (tertiary/aromatic N) is 2. The lowest BCUT2D eigenvalue weighted by molar-refractivity contribution is 0.0968. The number of imidazole rings is 1. The number of hydrogen-bond acceptors (Lipinski definition) is 2. The zero-order valence-electron chi connectivity index (χ0n) is 11.6. The normalized spacial score (nSPS) is 10.6. The van der Waals surface area contributed by atoms with Crippen molar-refractivity contribution in [2.75, 3.05) is 0 Å². The van der Waals surface area contributed by atoms with Gasteiger partial charge in [-0.15, -0.1) is 0 Å². The summed E-state index contributed by atoms with van der Waals surface area (Å²) in [5.74, 6) is 0.717. The minimum atomic E-state index is 0.125. The monoisotopic (exact) mass is 256 g/mol. The maximum Gasteiger partial charge on any atom is 0.198 e. The Morgan fingerprint density at radius 2 is 2.21 bits per heavy atom. The van der Waals surface area contributed by atoms with Gasteiger partial charge in [0.2, 0.25) is 0 Å². The van der Waals surface area contributed by atoms with Crippen molar-refractivity contribution in [2.24, 2.45) is 0 Å². The van der Waals surface area contributed by atoms with E-state index in [4.69, 9.17) is 0 Å². The first-order chi connectivity index (χ1) is 9.20. The molecule has 3 heteroatoms. The fraction of sp³-hybridized carbons (Fsp3) is 0.375. The summed E-state index contributed by atoms with van der Waals surface area (Å²) in [5.41, 5.74) is 2.44. The fourth-order valence-electron chi connectivity index (χ4n) is 2.22. The van der Waals surface area contributed by atoms with Crippen LogP contribution < -0.4 is 0 Å². The number of rotatable bonds is 6. The number of carbonyl (C=O) groups is 1. The third-order valence-electron chi connectivity index (χ3n) is 3.15. The molecule has 0 bridgehead atoms. The number of Topliss-reactive ketones (excluding diaryl/α,β-unsaturated/α-hetero) is 1. The first-order valence-corrected chi connectivity index (χ1v) is 6.80. The zero-order chi connectivity index (χ0) is 13.7. The summed E-state index contributed by atoms with van der Waals surface area (Å²) in [5, 5.41) is 0. The Balaban J connectivity index is 1.99. The molecule has 0 aliphatic rings. The van der Waals surface area contributed by atoms with E-state index in [1.165, 1.54) is 11.1 Å². The van der Waals surface area contributed by atoms with Crippen LogP contribution in [0.15, 0.2) is 36.7 Å². The smallest absolute Gasteiger partial charge is 0.198 e. The number of aryl methyl sites for hydroxylation is 3. The summed E-state index contributed by atoms with van der Waals surface area (Å²) >= 11 is 0. The Hall–Kier alpha value is -1.90. The van der Waals surface area contributed by atoms with Crippen LogP contribution in [0.3, 0.4) is 0 Å². The minimum absolute atomic E-state index is 0.125. The molecular weight excluding hydrogens is 236 g/mol. The molecule has 1 aromatic carbocycles. The van der Waals surface area contributed by atoms with Gasteiger partial charge in [0.15, 0.2) is 11.6 Å². The largest absolute Gasteiger partial charge is 0.329 e. The highest BCUT2D eigenvalue weighted by atomic mass is 16.1. The van der Waals surface area contributed by atoms with E-state index in [1.54, 1.807) is 6.20 Å². The number of carbonyl (C=O) groups excluding carboxylic acids is 1. The molecule has 1 aromatic heterocycles. The van der Waals surface area contributed by atoms with Crippen molar-refractivity contribution < 1.29 is 4.79 Å². The van der Waals surface area contributed by atoms with Gasteiger partial charge in [-0.25, -0.2) is 4.98 Å². The van der Waals surface area contributed by atoms with Crippen LogP contribution in [0.2, 0.25) is 0 Å². The Kier molecular flexibility index (Phi) is 4.50. The number of aromatic nitrogens is 2.